The number of amides is 3. The summed E-state index contributed by atoms with van der Waals surface area (Å²) in [5.41, 5.74) is 2.79. The molecule has 39 heavy (non-hydrogen) atoms. The van der Waals surface area contributed by atoms with Gasteiger partial charge >= 0.3 is 6.03 Å². The normalized spacial score (nSPS) is 11.1. The Hall–Kier alpha value is -4.73. The second-order valence-electron chi connectivity index (χ2n) is 10.1. The number of hydrogen-bond donors (Lipinski definition) is 3. The first kappa shape index (κ1) is 27.3. The quantitative estimate of drug-likeness (QED) is 0.268. The third-order valence-corrected chi connectivity index (χ3v) is 5.75. The lowest BCUT2D eigenvalue weighted by molar-refractivity contribution is -0.119. The summed E-state index contributed by atoms with van der Waals surface area (Å²) in [5.74, 6) is -0.00476. The van der Waals surface area contributed by atoms with Gasteiger partial charge in [0.2, 0.25) is 5.91 Å². The number of ether oxygens (including phenoxy) is 1. The van der Waals surface area contributed by atoms with Crippen LogP contribution in [-0.4, -0.2) is 26.7 Å². The van der Waals surface area contributed by atoms with Crippen LogP contribution in [0.25, 0.3) is 5.69 Å². The van der Waals surface area contributed by atoms with Gasteiger partial charge in [-0.15, -0.1) is 0 Å². The van der Waals surface area contributed by atoms with E-state index in [-0.39, 0.29) is 22.8 Å². The highest BCUT2D eigenvalue weighted by Crippen LogP contribution is 2.30. The molecule has 0 aliphatic carbocycles. The lowest BCUT2D eigenvalue weighted by Gasteiger charge is -2.14. The van der Waals surface area contributed by atoms with Crippen LogP contribution in [0.15, 0.2) is 66.9 Å². The van der Waals surface area contributed by atoms with E-state index in [0.29, 0.717) is 23.8 Å². The van der Waals surface area contributed by atoms with Gasteiger partial charge in [0.15, 0.2) is 11.6 Å². The molecule has 0 aliphatic rings. The highest BCUT2D eigenvalue weighted by molar-refractivity contribution is 5.99. The molecule has 4 rings (SSSR count). The van der Waals surface area contributed by atoms with E-state index in [0.717, 1.165) is 17.0 Å². The monoisotopic (exact) mass is 530 g/mol. The fourth-order valence-electron chi connectivity index (χ4n) is 3.68. The Morgan fingerprint density at radius 1 is 1.03 bits per heavy atom. The van der Waals surface area contributed by atoms with Crippen molar-refractivity contribution < 1.29 is 18.7 Å². The maximum Gasteiger partial charge on any atom is 0.324 e. The summed E-state index contributed by atoms with van der Waals surface area (Å²) < 4.78 is 22.5. The topological polar surface area (TPSA) is 110 Å². The van der Waals surface area contributed by atoms with Crippen molar-refractivity contribution in [3.05, 3.63) is 89.6 Å². The molecule has 0 unspecified atom stereocenters. The number of aromatic nitrogens is 3. The van der Waals surface area contributed by atoms with E-state index in [9.17, 15) is 9.59 Å². The van der Waals surface area contributed by atoms with Crippen LogP contribution in [0.5, 0.6) is 11.5 Å². The van der Waals surface area contributed by atoms with E-state index >= 15 is 4.39 Å². The summed E-state index contributed by atoms with van der Waals surface area (Å²) >= 11 is 0. The zero-order valence-electron chi connectivity index (χ0n) is 22.5. The molecule has 2 aromatic carbocycles. The lowest BCUT2D eigenvalue weighted by atomic mass is 9.92. The molecular formula is C29H31FN6O3. The number of carbonyl (C=O) groups is 2. The number of hydrogen-bond acceptors (Lipinski definition) is 5. The van der Waals surface area contributed by atoms with Crippen molar-refractivity contribution in [3.63, 3.8) is 0 Å². The van der Waals surface area contributed by atoms with Crippen molar-refractivity contribution in [1.82, 2.24) is 20.1 Å². The number of aryl methyl sites for hydroxylation is 1. The van der Waals surface area contributed by atoms with Gasteiger partial charge in [-0.05, 0) is 42.8 Å². The number of nitrogens with zero attached hydrogens (tertiary/aromatic N) is 3. The second kappa shape index (κ2) is 11.3. The molecule has 0 radical (unpaired) electrons. The summed E-state index contributed by atoms with van der Waals surface area (Å²) in [6, 6.07) is 16.4. The lowest BCUT2D eigenvalue weighted by Crippen LogP contribution is -2.22. The van der Waals surface area contributed by atoms with E-state index < -0.39 is 11.8 Å². The van der Waals surface area contributed by atoms with E-state index in [1.54, 1.807) is 35.1 Å². The molecule has 0 saturated heterocycles. The van der Waals surface area contributed by atoms with Crippen LogP contribution in [0, 0.1) is 12.7 Å². The fraction of sp³-hybridized carbons (Fsp3) is 0.241. The van der Waals surface area contributed by atoms with Crippen LogP contribution in [0.2, 0.25) is 0 Å². The van der Waals surface area contributed by atoms with Gasteiger partial charge in [-0.1, -0.05) is 39.0 Å². The van der Waals surface area contributed by atoms with Gasteiger partial charge < -0.3 is 15.4 Å². The Labute approximate surface area is 226 Å². The summed E-state index contributed by atoms with van der Waals surface area (Å²) in [6.45, 7) is 9.74. The maximum absolute atomic E-state index is 15.2. The van der Waals surface area contributed by atoms with Gasteiger partial charge in [0.25, 0.3) is 0 Å². The number of benzene rings is 2. The van der Waals surface area contributed by atoms with Gasteiger partial charge in [-0.3, -0.25) is 15.1 Å². The molecule has 3 amide bonds. The molecule has 3 N–H and O–H groups in total. The summed E-state index contributed by atoms with van der Waals surface area (Å²) in [7, 11) is 0. The standard InChI is InChI=1S/C29H31FN6O3/c1-18-15-22(13-14-31-18)39-24-8-6-7-23(27(24)30)33-28(38)34-26-16-25(29(3,4)5)35-36(26)21-11-9-20(10-12-21)17-32-19(2)37/h6-16H,17H2,1-5H3,(H,32,37)(H2,33,34,38). The summed E-state index contributed by atoms with van der Waals surface area (Å²) in [6.07, 6.45) is 1.57. The van der Waals surface area contributed by atoms with Crippen molar-refractivity contribution in [2.24, 2.45) is 0 Å². The summed E-state index contributed by atoms with van der Waals surface area (Å²) in [5, 5.41) is 12.8. The van der Waals surface area contributed by atoms with Crippen LogP contribution in [-0.2, 0) is 16.8 Å². The van der Waals surface area contributed by atoms with E-state index in [1.165, 1.54) is 19.1 Å². The molecule has 2 aromatic heterocycles. The molecular weight excluding hydrogens is 499 g/mol. The molecule has 0 bridgehead atoms. The van der Waals surface area contributed by atoms with E-state index in [1.807, 2.05) is 52.0 Å². The Bertz CT molecular complexity index is 1490. The number of pyridine rings is 1. The number of halogens is 1. The van der Waals surface area contributed by atoms with Crippen LogP contribution in [0.3, 0.4) is 0 Å². The predicted octanol–water partition coefficient (Wildman–Crippen LogP) is 6.08. The van der Waals surface area contributed by atoms with Crippen molar-refractivity contribution >= 4 is 23.4 Å². The average molecular weight is 531 g/mol. The van der Waals surface area contributed by atoms with E-state index in [4.69, 9.17) is 9.84 Å². The largest absolute Gasteiger partial charge is 0.454 e. The first-order valence-electron chi connectivity index (χ1n) is 12.4. The zero-order valence-corrected chi connectivity index (χ0v) is 22.5. The molecule has 10 heteroatoms. The van der Waals surface area contributed by atoms with Gasteiger partial charge in [0.05, 0.1) is 17.1 Å². The van der Waals surface area contributed by atoms with Crippen molar-refractivity contribution in [2.45, 2.75) is 46.6 Å². The summed E-state index contributed by atoms with van der Waals surface area (Å²) in [4.78, 5) is 28.3. The number of rotatable bonds is 7. The molecule has 9 nitrogen and oxygen atoms in total. The maximum atomic E-state index is 15.2. The number of carbonyl (C=O) groups excluding carboxylic acids is 2. The fourth-order valence-corrected chi connectivity index (χ4v) is 3.68. The second-order valence-corrected chi connectivity index (χ2v) is 10.1. The molecule has 0 aliphatic heterocycles. The molecule has 0 spiro atoms. The van der Waals surface area contributed by atoms with Gasteiger partial charge in [0, 0.05) is 42.9 Å². The highest BCUT2D eigenvalue weighted by atomic mass is 19.1. The molecule has 0 fully saturated rings. The molecule has 202 valence electrons. The van der Waals surface area contributed by atoms with Crippen molar-refractivity contribution in [2.75, 3.05) is 10.6 Å². The molecule has 0 atom stereocenters. The molecule has 2 heterocycles. The molecule has 4 aromatic rings. The van der Waals surface area contributed by atoms with Crippen LogP contribution < -0.4 is 20.7 Å². The number of urea groups is 1. The molecule has 0 saturated carbocycles. The Morgan fingerprint density at radius 2 is 1.77 bits per heavy atom. The SMILES string of the molecule is CC(=O)NCc1ccc(-n2nc(C(C)(C)C)cc2NC(=O)Nc2cccc(Oc3ccnc(C)c3)c2F)cc1. The van der Waals surface area contributed by atoms with Crippen molar-refractivity contribution in [1.29, 1.82) is 0 Å². The average Bonchev–Trinajstić information content (AvgIpc) is 3.30. The smallest absolute Gasteiger partial charge is 0.324 e. The minimum Gasteiger partial charge on any atom is -0.454 e. The van der Waals surface area contributed by atoms with Crippen LogP contribution in [0.1, 0.15) is 44.6 Å². The number of nitrogens with one attached hydrogen (secondary N) is 3. The van der Waals surface area contributed by atoms with Crippen LogP contribution in [0.4, 0.5) is 20.7 Å². The minimum atomic E-state index is -0.708. The minimum absolute atomic E-state index is 0.0298. The van der Waals surface area contributed by atoms with Gasteiger partial charge in [-0.25, -0.2) is 13.9 Å². The van der Waals surface area contributed by atoms with Crippen molar-refractivity contribution in [3.8, 4) is 17.2 Å². The zero-order chi connectivity index (χ0) is 28.2. The Kier molecular flexibility index (Phi) is 7.94. The van der Waals surface area contributed by atoms with Gasteiger partial charge in [-0.2, -0.15) is 5.10 Å². The first-order chi connectivity index (χ1) is 18.5. The first-order valence-corrected chi connectivity index (χ1v) is 12.4. The predicted molar refractivity (Wildman–Crippen MR) is 148 cm³/mol. The van der Waals surface area contributed by atoms with Crippen LogP contribution >= 0.6 is 0 Å². The Balaban J connectivity index is 1.54. The van der Waals surface area contributed by atoms with Gasteiger partial charge in [0.1, 0.15) is 11.6 Å². The third-order valence-electron chi connectivity index (χ3n) is 5.75. The Morgan fingerprint density at radius 3 is 2.44 bits per heavy atom. The highest BCUT2D eigenvalue weighted by Gasteiger charge is 2.22. The van der Waals surface area contributed by atoms with E-state index in [2.05, 4.69) is 20.9 Å². The number of anilines is 2. The third kappa shape index (κ3) is 6.98.